The number of aromatic nitrogens is 1. The summed E-state index contributed by atoms with van der Waals surface area (Å²) in [5.74, 6) is 0.310. The monoisotopic (exact) mass is 208 g/mol. The Hall–Kier alpha value is -1.42. The highest BCUT2D eigenvalue weighted by atomic mass is 32.1. The Bertz CT molecular complexity index is 428. The van der Waals surface area contributed by atoms with Gasteiger partial charge in [0.15, 0.2) is 0 Å². The Labute approximate surface area is 85.2 Å². The van der Waals surface area contributed by atoms with Gasteiger partial charge in [0.25, 0.3) is 0 Å². The lowest BCUT2D eigenvalue weighted by Gasteiger charge is -1.94. The normalized spacial score (nSPS) is 10.4. The molecule has 0 aliphatic heterocycles. The van der Waals surface area contributed by atoms with Crippen molar-refractivity contribution in [2.75, 3.05) is 5.73 Å². The summed E-state index contributed by atoms with van der Waals surface area (Å²) in [4.78, 5) is 5.17. The largest absolute Gasteiger partial charge is 0.383 e. The molecule has 0 spiro atoms. The van der Waals surface area contributed by atoms with E-state index in [4.69, 9.17) is 5.73 Å². The van der Waals surface area contributed by atoms with Gasteiger partial charge in [-0.2, -0.15) is 0 Å². The van der Waals surface area contributed by atoms with Crippen molar-refractivity contribution in [1.82, 2.24) is 4.98 Å². The minimum atomic E-state index is -0.241. The van der Waals surface area contributed by atoms with E-state index < -0.39 is 0 Å². The van der Waals surface area contributed by atoms with E-state index in [9.17, 15) is 4.39 Å². The summed E-state index contributed by atoms with van der Waals surface area (Å²) in [6.45, 7) is 1.92. The maximum atomic E-state index is 12.6. The van der Waals surface area contributed by atoms with Gasteiger partial charge in [0, 0.05) is 10.4 Å². The third-order valence-electron chi connectivity index (χ3n) is 1.92. The van der Waals surface area contributed by atoms with Crippen LogP contribution in [0.4, 0.5) is 10.2 Å². The topological polar surface area (TPSA) is 38.9 Å². The van der Waals surface area contributed by atoms with Crippen LogP contribution < -0.4 is 5.73 Å². The molecule has 0 aliphatic carbocycles. The lowest BCUT2D eigenvalue weighted by molar-refractivity contribution is 0.628. The van der Waals surface area contributed by atoms with Gasteiger partial charge in [-0.1, -0.05) is 0 Å². The number of halogens is 1. The summed E-state index contributed by atoms with van der Waals surface area (Å²) < 4.78 is 12.6. The van der Waals surface area contributed by atoms with Gasteiger partial charge in [-0.3, -0.25) is 0 Å². The van der Waals surface area contributed by atoms with Crippen LogP contribution in [0.25, 0.3) is 10.6 Å². The van der Waals surface area contributed by atoms with Gasteiger partial charge in [-0.05, 0) is 31.2 Å². The van der Waals surface area contributed by atoms with Crippen LogP contribution >= 0.6 is 11.3 Å². The van der Waals surface area contributed by atoms with Gasteiger partial charge < -0.3 is 5.73 Å². The van der Waals surface area contributed by atoms with E-state index in [-0.39, 0.29) is 5.82 Å². The van der Waals surface area contributed by atoms with Crippen molar-refractivity contribution < 1.29 is 4.39 Å². The Kier molecular flexibility index (Phi) is 2.21. The molecular weight excluding hydrogens is 199 g/mol. The number of nitrogens with two attached hydrogens (primary N) is 1. The predicted molar refractivity (Wildman–Crippen MR) is 56.7 cm³/mol. The fourth-order valence-electron chi connectivity index (χ4n) is 1.12. The number of benzene rings is 1. The van der Waals surface area contributed by atoms with E-state index >= 15 is 0 Å². The molecule has 0 fully saturated rings. The molecule has 0 unspecified atom stereocenters. The van der Waals surface area contributed by atoms with Gasteiger partial charge in [0.2, 0.25) is 0 Å². The molecule has 1 aromatic heterocycles. The molecule has 0 radical (unpaired) electrons. The zero-order chi connectivity index (χ0) is 10.1. The zero-order valence-corrected chi connectivity index (χ0v) is 8.44. The van der Waals surface area contributed by atoms with Crippen molar-refractivity contribution in [3.05, 3.63) is 35.0 Å². The summed E-state index contributed by atoms with van der Waals surface area (Å²) in [6, 6.07) is 6.24. The molecule has 0 atom stereocenters. The smallest absolute Gasteiger partial charge is 0.138 e. The molecule has 72 valence electrons. The minimum absolute atomic E-state index is 0.241. The van der Waals surface area contributed by atoms with E-state index in [1.807, 2.05) is 6.92 Å². The standard InChI is InChI=1S/C10H9FN2S/c1-6-9(12)13-10(14-6)7-2-4-8(11)5-3-7/h2-5H,12H2,1H3. The second-order valence-electron chi connectivity index (χ2n) is 2.97. The fourth-order valence-corrected chi connectivity index (χ4v) is 1.96. The highest BCUT2D eigenvalue weighted by molar-refractivity contribution is 7.15. The first-order chi connectivity index (χ1) is 6.66. The summed E-state index contributed by atoms with van der Waals surface area (Å²) in [6.07, 6.45) is 0. The number of thiazole rings is 1. The number of anilines is 1. The first kappa shape index (κ1) is 9.15. The maximum Gasteiger partial charge on any atom is 0.138 e. The molecule has 0 aliphatic rings. The lowest BCUT2D eigenvalue weighted by atomic mass is 10.2. The molecule has 0 saturated heterocycles. The van der Waals surface area contributed by atoms with E-state index in [1.54, 1.807) is 12.1 Å². The number of nitrogens with zero attached hydrogens (tertiary/aromatic N) is 1. The van der Waals surface area contributed by atoms with Crippen LogP contribution in [0.5, 0.6) is 0 Å². The Balaban J connectivity index is 2.44. The van der Waals surface area contributed by atoms with Crippen LogP contribution in [0, 0.1) is 12.7 Å². The van der Waals surface area contributed by atoms with Gasteiger partial charge in [-0.25, -0.2) is 9.37 Å². The van der Waals surface area contributed by atoms with E-state index in [0.29, 0.717) is 5.82 Å². The molecular formula is C10H9FN2S. The highest BCUT2D eigenvalue weighted by Crippen LogP contribution is 2.28. The van der Waals surface area contributed by atoms with Gasteiger partial charge in [0.1, 0.15) is 16.6 Å². The van der Waals surface area contributed by atoms with Crippen molar-refractivity contribution in [3.8, 4) is 10.6 Å². The Morgan fingerprint density at radius 2 is 1.93 bits per heavy atom. The van der Waals surface area contributed by atoms with E-state index in [2.05, 4.69) is 4.98 Å². The van der Waals surface area contributed by atoms with Crippen LogP contribution in [0.15, 0.2) is 24.3 Å². The summed E-state index contributed by atoms with van der Waals surface area (Å²) in [7, 11) is 0. The minimum Gasteiger partial charge on any atom is -0.383 e. The summed E-state index contributed by atoms with van der Waals surface area (Å²) >= 11 is 1.51. The first-order valence-electron chi connectivity index (χ1n) is 4.15. The molecule has 14 heavy (non-hydrogen) atoms. The van der Waals surface area contributed by atoms with Crippen molar-refractivity contribution >= 4 is 17.2 Å². The highest BCUT2D eigenvalue weighted by Gasteiger charge is 2.06. The predicted octanol–water partition coefficient (Wildman–Crippen LogP) is 2.84. The molecule has 2 nitrogen and oxygen atoms in total. The first-order valence-corrected chi connectivity index (χ1v) is 4.97. The van der Waals surface area contributed by atoms with E-state index in [1.165, 1.54) is 23.5 Å². The molecule has 4 heteroatoms. The number of nitrogen functional groups attached to an aromatic ring is 1. The van der Waals surface area contributed by atoms with Gasteiger partial charge in [-0.15, -0.1) is 11.3 Å². The molecule has 2 rings (SSSR count). The number of rotatable bonds is 1. The average Bonchev–Trinajstić information content (AvgIpc) is 2.48. The zero-order valence-electron chi connectivity index (χ0n) is 7.62. The maximum absolute atomic E-state index is 12.6. The molecule has 2 N–H and O–H groups in total. The fraction of sp³-hybridized carbons (Fsp3) is 0.100. The average molecular weight is 208 g/mol. The second-order valence-corrected chi connectivity index (χ2v) is 4.17. The van der Waals surface area contributed by atoms with Crippen molar-refractivity contribution in [3.63, 3.8) is 0 Å². The lowest BCUT2D eigenvalue weighted by Crippen LogP contribution is -1.86. The van der Waals surface area contributed by atoms with Crippen molar-refractivity contribution in [2.24, 2.45) is 0 Å². The van der Waals surface area contributed by atoms with Crippen LogP contribution in [0.3, 0.4) is 0 Å². The molecule has 1 aromatic carbocycles. The third kappa shape index (κ3) is 1.61. The van der Waals surface area contributed by atoms with Crippen LogP contribution in [0.2, 0.25) is 0 Å². The molecule has 2 aromatic rings. The quantitative estimate of drug-likeness (QED) is 0.782. The summed E-state index contributed by atoms with van der Waals surface area (Å²) in [5, 5.41) is 0.833. The summed E-state index contributed by atoms with van der Waals surface area (Å²) in [5.41, 5.74) is 6.53. The van der Waals surface area contributed by atoms with Crippen LogP contribution in [-0.4, -0.2) is 4.98 Å². The molecule has 0 saturated carbocycles. The molecule has 0 amide bonds. The van der Waals surface area contributed by atoms with E-state index in [0.717, 1.165) is 15.4 Å². The van der Waals surface area contributed by atoms with Crippen LogP contribution in [0.1, 0.15) is 4.88 Å². The number of hydrogen-bond acceptors (Lipinski definition) is 3. The SMILES string of the molecule is Cc1sc(-c2ccc(F)cc2)nc1N. The van der Waals surface area contributed by atoms with Crippen LogP contribution in [-0.2, 0) is 0 Å². The number of aryl methyl sites for hydroxylation is 1. The molecule has 1 heterocycles. The van der Waals surface area contributed by atoms with Crippen molar-refractivity contribution in [1.29, 1.82) is 0 Å². The van der Waals surface area contributed by atoms with Gasteiger partial charge in [0.05, 0.1) is 0 Å². The Morgan fingerprint density at radius 1 is 1.29 bits per heavy atom. The number of hydrogen-bond donors (Lipinski definition) is 1. The Morgan fingerprint density at radius 3 is 2.43 bits per heavy atom. The third-order valence-corrected chi connectivity index (χ3v) is 2.96. The molecule has 0 bridgehead atoms. The second kappa shape index (κ2) is 3.38. The van der Waals surface area contributed by atoms with Crippen molar-refractivity contribution in [2.45, 2.75) is 6.92 Å². The van der Waals surface area contributed by atoms with Gasteiger partial charge >= 0.3 is 0 Å².